The van der Waals surface area contributed by atoms with Crippen molar-refractivity contribution in [2.75, 3.05) is 11.9 Å². The Morgan fingerprint density at radius 2 is 2.19 bits per heavy atom. The minimum absolute atomic E-state index is 0.150. The first-order chi connectivity index (χ1) is 12.9. The van der Waals surface area contributed by atoms with Crippen LogP contribution in [0.3, 0.4) is 0 Å². The summed E-state index contributed by atoms with van der Waals surface area (Å²) in [6.45, 7) is 6.90. The maximum Gasteiger partial charge on any atom is 0.268 e. The highest BCUT2D eigenvalue weighted by atomic mass is 32.1. The fraction of sp³-hybridized carbons (Fsp3) is 0.400. The number of aryl methyl sites for hydroxylation is 2. The molecule has 142 valence electrons. The average molecular weight is 386 g/mol. The van der Waals surface area contributed by atoms with Gasteiger partial charge in [0.15, 0.2) is 0 Å². The van der Waals surface area contributed by atoms with Gasteiger partial charge in [-0.05, 0) is 63.8 Å². The van der Waals surface area contributed by atoms with Crippen LogP contribution in [0.4, 0.5) is 10.1 Å². The van der Waals surface area contributed by atoms with Gasteiger partial charge in [0.25, 0.3) is 5.91 Å². The first kappa shape index (κ1) is 18.1. The van der Waals surface area contributed by atoms with Gasteiger partial charge in [0.2, 0.25) is 0 Å². The normalized spacial score (nSPS) is 20.1. The Kier molecular flexibility index (Phi) is 4.74. The molecule has 1 aliphatic heterocycles. The Bertz CT molecular complexity index is 1010. The van der Waals surface area contributed by atoms with Crippen LogP contribution in [0.5, 0.6) is 0 Å². The highest BCUT2D eigenvalue weighted by molar-refractivity contribution is 7.14. The number of aromatic nitrogens is 2. The van der Waals surface area contributed by atoms with Crippen molar-refractivity contribution in [3.63, 3.8) is 0 Å². The number of thiophene rings is 1. The fourth-order valence-corrected chi connectivity index (χ4v) is 4.78. The van der Waals surface area contributed by atoms with Crippen molar-refractivity contribution in [3.05, 3.63) is 51.4 Å². The summed E-state index contributed by atoms with van der Waals surface area (Å²) >= 11 is 1.28. The minimum Gasteiger partial charge on any atom is -0.320 e. The van der Waals surface area contributed by atoms with Gasteiger partial charge in [-0.2, -0.15) is 0 Å². The van der Waals surface area contributed by atoms with Crippen molar-refractivity contribution in [2.45, 2.75) is 45.6 Å². The molecule has 0 aliphatic carbocycles. The monoisotopic (exact) mass is 386 g/mol. The molecule has 3 aromatic heterocycles. The van der Waals surface area contributed by atoms with Crippen LogP contribution in [-0.4, -0.2) is 27.9 Å². The highest BCUT2D eigenvalue weighted by Crippen LogP contribution is 2.35. The van der Waals surface area contributed by atoms with Crippen LogP contribution in [0.15, 0.2) is 24.5 Å². The van der Waals surface area contributed by atoms with Gasteiger partial charge in [0.1, 0.15) is 16.3 Å². The largest absolute Gasteiger partial charge is 0.320 e. The molecule has 0 bridgehead atoms. The number of carbonyl (C=O) groups is 1. The van der Waals surface area contributed by atoms with Gasteiger partial charge in [0.05, 0.1) is 11.4 Å². The highest BCUT2D eigenvalue weighted by Gasteiger charge is 2.25. The maximum atomic E-state index is 14.5. The van der Waals surface area contributed by atoms with E-state index in [2.05, 4.69) is 22.5 Å². The Morgan fingerprint density at radius 1 is 1.37 bits per heavy atom. The lowest BCUT2D eigenvalue weighted by atomic mass is 9.92. The average Bonchev–Trinajstić information content (AvgIpc) is 3.17. The molecule has 1 saturated heterocycles. The zero-order chi connectivity index (χ0) is 19.1. The van der Waals surface area contributed by atoms with Gasteiger partial charge in [0, 0.05) is 23.3 Å². The molecule has 0 spiro atoms. The second kappa shape index (κ2) is 7.05. The number of rotatable bonds is 3. The fourth-order valence-electron chi connectivity index (χ4n) is 3.70. The molecule has 2 N–H and O–H groups in total. The van der Waals surface area contributed by atoms with E-state index in [9.17, 15) is 9.18 Å². The molecule has 1 aliphatic rings. The number of hydrogen-bond acceptors (Lipinski definition) is 4. The molecule has 2 unspecified atom stereocenters. The van der Waals surface area contributed by atoms with Crippen molar-refractivity contribution < 1.29 is 9.18 Å². The standard InChI is InChI=1S/C20H23FN4OS/c1-11-6-18-23-13(3)9-25(18)10-16(11)24-20(26)19-15(21)8-17(27-19)14-4-5-22-12(2)7-14/h6,8-10,12,14,22H,4-5,7H2,1-3H3,(H,24,26). The molecule has 4 heterocycles. The first-order valence-corrected chi connectivity index (χ1v) is 10.0. The molecule has 7 heteroatoms. The number of anilines is 1. The van der Waals surface area contributed by atoms with Crippen LogP contribution in [0.25, 0.3) is 5.65 Å². The third-order valence-corrected chi connectivity index (χ3v) is 6.38. The lowest BCUT2D eigenvalue weighted by Gasteiger charge is -2.27. The summed E-state index contributed by atoms with van der Waals surface area (Å²) in [4.78, 5) is 18.2. The van der Waals surface area contributed by atoms with Crippen LogP contribution >= 0.6 is 11.3 Å². The van der Waals surface area contributed by atoms with E-state index < -0.39 is 11.7 Å². The SMILES string of the molecule is Cc1cn2cc(NC(=O)c3sc(C4CCNC(C)C4)cc3F)c(C)cc2n1. The third kappa shape index (κ3) is 3.61. The second-order valence-electron chi connectivity index (χ2n) is 7.37. The molecule has 5 nitrogen and oxygen atoms in total. The van der Waals surface area contributed by atoms with Crippen molar-refractivity contribution in [1.82, 2.24) is 14.7 Å². The van der Waals surface area contributed by atoms with Crippen molar-refractivity contribution in [3.8, 4) is 0 Å². The molecule has 27 heavy (non-hydrogen) atoms. The van der Waals surface area contributed by atoms with Crippen molar-refractivity contribution in [1.29, 1.82) is 0 Å². The van der Waals surface area contributed by atoms with E-state index in [0.29, 0.717) is 17.6 Å². The molecule has 0 saturated carbocycles. The molecule has 1 fully saturated rings. The Hall–Kier alpha value is -2.25. The molecule has 4 rings (SSSR count). The molecular weight excluding hydrogens is 363 g/mol. The Morgan fingerprint density at radius 3 is 2.96 bits per heavy atom. The number of halogens is 1. The lowest BCUT2D eigenvalue weighted by Crippen LogP contribution is -2.34. The minimum atomic E-state index is -0.434. The van der Waals surface area contributed by atoms with Crippen LogP contribution in [0.2, 0.25) is 0 Å². The van der Waals surface area contributed by atoms with Crippen LogP contribution in [-0.2, 0) is 0 Å². The third-order valence-electron chi connectivity index (χ3n) is 5.11. The summed E-state index contributed by atoms with van der Waals surface area (Å²) in [6.07, 6.45) is 5.66. The van der Waals surface area contributed by atoms with Crippen LogP contribution in [0.1, 0.15) is 51.5 Å². The summed E-state index contributed by atoms with van der Waals surface area (Å²) in [7, 11) is 0. The van der Waals surface area contributed by atoms with E-state index >= 15 is 0 Å². The number of imidazole rings is 1. The summed E-state index contributed by atoms with van der Waals surface area (Å²) in [6, 6.07) is 3.87. The van der Waals surface area contributed by atoms with Crippen molar-refractivity contribution >= 4 is 28.6 Å². The Labute approximate surface area is 161 Å². The predicted octanol–water partition coefficient (Wildman–Crippen LogP) is 4.26. The predicted molar refractivity (Wildman–Crippen MR) is 106 cm³/mol. The van der Waals surface area contributed by atoms with Crippen molar-refractivity contribution in [2.24, 2.45) is 0 Å². The summed E-state index contributed by atoms with van der Waals surface area (Å²) in [5.41, 5.74) is 3.29. The second-order valence-corrected chi connectivity index (χ2v) is 8.46. The molecular formula is C20H23FN4OS. The van der Waals surface area contributed by atoms with E-state index in [-0.39, 0.29) is 4.88 Å². The molecule has 1 amide bonds. The van der Waals surface area contributed by atoms with Gasteiger partial charge in [-0.1, -0.05) is 0 Å². The van der Waals surface area contributed by atoms with Crippen LogP contribution in [0, 0.1) is 19.7 Å². The van der Waals surface area contributed by atoms with E-state index in [0.717, 1.165) is 41.2 Å². The number of carbonyl (C=O) groups excluding carboxylic acids is 1. The van der Waals surface area contributed by atoms with E-state index in [1.54, 1.807) is 0 Å². The van der Waals surface area contributed by atoms with E-state index in [1.165, 1.54) is 17.4 Å². The summed E-state index contributed by atoms with van der Waals surface area (Å²) in [5.74, 6) is -0.518. The molecule has 3 aromatic rings. The number of amides is 1. The number of pyridine rings is 1. The summed E-state index contributed by atoms with van der Waals surface area (Å²) < 4.78 is 16.4. The number of piperidine rings is 1. The van der Waals surface area contributed by atoms with Crippen LogP contribution < -0.4 is 10.6 Å². The smallest absolute Gasteiger partial charge is 0.268 e. The Balaban J connectivity index is 1.57. The quantitative estimate of drug-likeness (QED) is 0.707. The molecule has 2 atom stereocenters. The summed E-state index contributed by atoms with van der Waals surface area (Å²) in [5, 5.41) is 6.27. The zero-order valence-corrected chi connectivity index (χ0v) is 16.5. The number of nitrogens with zero attached hydrogens (tertiary/aromatic N) is 2. The number of hydrogen-bond donors (Lipinski definition) is 2. The van der Waals surface area contributed by atoms with E-state index in [1.807, 2.05) is 36.7 Å². The lowest BCUT2D eigenvalue weighted by molar-refractivity contribution is 0.102. The molecule has 0 radical (unpaired) electrons. The zero-order valence-electron chi connectivity index (χ0n) is 15.7. The van der Waals surface area contributed by atoms with Gasteiger partial charge >= 0.3 is 0 Å². The topological polar surface area (TPSA) is 58.4 Å². The molecule has 0 aromatic carbocycles. The first-order valence-electron chi connectivity index (χ1n) is 9.20. The van der Waals surface area contributed by atoms with E-state index in [4.69, 9.17) is 0 Å². The van der Waals surface area contributed by atoms with Gasteiger partial charge in [-0.25, -0.2) is 9.37 Å². The number of fused-ring (bicyclic) bond motifs is 1. The van der Waals surface area contributed by atoms with Gasteiger partial charge < -0.3 is 15.0 Å². The number of nitrogens with one attached hydrogen (secondary N) is 2. The van der Waals surface area contributed by atoms with Gasteiger partial charge in [-0.3, -0.25) is 4.79 Å². The van der Waals surface area contributed by atoms with Gasteiger partial charge in [-0.15, -0.1) is 11.3 Å². The maximum absolute atomic E-state index is 14.5.